The lowest BCUT2D eigenvalue weighted by atomic mass is 10.2. The highest BCUT2D eigenvalue weighted by atomic mass is 35.5. The molecule has 1 amide bonds. The van der Waals surface area contributed by atoms with E-state index >= 15 is 0 Å². The van der Waals surface area contributed by atoms with Crippen LogP contribution in [-0.2, 0) is 9.59 Å². The van der Waals surface area contributed by atoms with Crippen molar-refractivity contribution in [2.45, 2.75) is 25.5 Å². The summed E-state index contributed by atoms with van der Waals surface area (Å²) < 4.78 is 0. The topological polar surface area (TPSA) is 106 Å². The predicted octanol–water partition coefficient (Wildman–Crippen LogP) is -1.27. The number of aliphatic hydroxyl groups is 1. The third kappa shape index (κ3) is 6.01. The lowest BCUT2D eigenvalue weighted by Gasteiger charge is -2.17. The van der Waals surface area contributed by atoms with E-state index in [0.717, 1.165) is 0 Å². The highest BCUT2D eigenvalue weighted by Crippen LogP contribution is 2.14. The van der Waals surface area contributed by atoms with Gasteiger partial charge in [0.25, 0.3) is 0 Å². The fourth-order valence-electron chi connectivity index (χ4n) is 1.60. The Bertz CT molecular complexity index is 479. The van der Waals surface area contributed by atoms with Crippen molar-refractivity contribution in [3.8, 4) is 0 Å². The maximum Gasteiger partial charge on any atom is 0.230 e. The molecule has 0 aliphatic rings. The smallest absolute Gasteiger partial charge is 0.230 e. The van der Waals surface area contributed by atoms with Crippen molar-refractivity contribution >= 4 is 29.2 Å². The Balaban J connectivity index is 2.55. The van der Waals surface area contributed by atoms with Gasteiger partial charge in [-0.1, -0.05) is 17.7 Å². The Hall–Kier alpha value is -1.63. The number of amides is 1. The number of nitrogens with two attached hydrogens (primary N) is 1. The Kier molecular flexibility index (Phi) is 6.44. The first-order valence-electron chi connectivity index (χ1n) is 6.16. The second kappa shape index (κ2) is 7.84. The molecule has 1 aromatic carbocycles. The maximum atomic E-state index is 11.8. The summed E-state index contributed by atoms with van der Waals surface area (Å²) in [5.41, 5.74) is 0.495. The first kappa shape index (κ1) is 16.4. The molecule has 110 valence electrons. The quantitative estimate of drug-likeness (QED) is 0.584. The molecule has 7 heteroatoms. The normalized spacial score (nSPS) is 13.6. The van der Waals surface area contributed by atoms with Crippen LogP contribution in [0.25, 0.3) is 0 Å². The van der Waals surface area contributed by atoms with E-state index in [0.29, 0.717) is 10.7 Å². The summed E-state index contributed by atoms with van der Waals surface area (Å²) in [7, 11) is 0. The zero-order chi connectivity index (χ0) is 15.1. The molecule has 4 N–H and O–H groups in total. The van der Waals surface area contributed by atoms with Crippen molar-refractivity contribution in [1.82, 2.24) is 0 Å². The molecule has 0 aliphatic carbocycles. The Labute approximate surface area is 121 Å². The summed E-state index contributed by atoms with van der Waals surface area (Å²) in [5.74, 6) is -1.80. The van der Waals surface area contributed by atoms with Gasteiger partial charge >= 0.3 is 0 Å². The van der Waals surface area contributed by atoms with Crippen molar-refractivity contribution in [3.63, 3.8) is 0 Å². The van der Waals surface area contributed by atoms with Gasteiger partial charge in [-0.05, 0) is 25.1 Å². The van der Waals surface area contributed by atoms with Gasteiger partial charge in [0.1, 0.15) is 12.6 Å². The van der Waals surface area contributed by atoms with Gasteiger partial charge in [0.15, 0.2) is 0 Å². The number of nitrogens with one attached hydrogen (secondary N) is 1. The molecular formula is C13H17ClN2O4. The van der Waals surface area contributed by atoms with Crippen LogP contribution in [0, 0.1) is 0 Å². The number of carbonyl (C=O) groups is 2. The average Bonchev–Trinajstić information content (AvgIpc) is 2.33. The van der Waals surface area contributed by atoms with E-state index < -0.39 is 24.0 Å². The monoisotopic (exact) mass is 300 g/mol. The molecule has 6 nitrogen and oxygen atoms in total. The zero-order valence-corrected chi connectivity index (χ0v) is 11.8. The molecule has 1 rings (SSSR count). The standard InChI is InChI=1S/C13H17ClN2O4/c1-8(17)7-15-11(13(19)20)6-12(18)16-10-4-2-3-9(14)5-10/h2-5,8,11,15,17H,6-7H2,1H3,(H,16,18)(H,19,20)/t8-,11-/m1/s1. The van der Waals surface area contributed by atoms with Gasteiger partial charge in [-0.25, -0.2) is 0 Å². The van der Waals surface area contributed by atoms with Crippen molar-refractivity contribution in [3.05, 3.63) is 29.3 Å². The van der Waals surface area contributed by atoms with E-state index in [1.54, 1.807) is 24.3 Å². The van der Waals surface area contributed by atoms with Crippen LogP contribution in [0.3, 0.4) is 0 Å². The molecule has 2 atom stereocenters. The number of hydrogen-bond donors (Lipinski definition) is 3. The van der Waals surface area contributed by atoms with E-state index in [4.69, 9.17) is 16.7 Å². The van der Waals surface area contributed by atoms with Crippen LogP contribution in [0.4, 0.5) is 5.69 Å². The van der Waals surface area contributed by atoms with Gasteiger partial charge in [-0.15, -0.1) is 0 Å². The van der Waals surface area contributed by atoms with Crippen LogP contribution < -0.4 is 15.7 Å². The maximum absolute atomic E-state index is 11.8. The largest absolute Gasteiger partial charge is 0.544 e. The molecule has 0 radical (unpaired) electrons. The van der Waals surface area contributed by atoms with E-state index in [1.165, 1.54) is 12.2 Å². The number of carboxylic acids is 1. The molecule has 0 heterocycles. The molecule has 0 aromatic heterocycles. The van der Waals surface area contributed by atoms with Crippen LogP contribution in [0.5, 0.6) is 0 Å². The summed E-state index contributed by atoms with van der Waals surface area (Å²) in [6.07, 6.45) is -0.908. The average molecular weight is 301 g/mol. The molecule has 0 bridgehead atoms. The van der Waals surface area contributed by atoms with Gasteiger partial charge in [0.2, 0.25) is 5.91 Å². The van der Waals surface area contributed by atoms with Gasteiger partial charge in [-0.2, -0.15) is 0 Å². The predicted molar refractivity (Wildman–Crippen MR) is 72.0 cm³/mol. The van der Waals surface area contributed by atoms with E-state index in [9.17, 15) is 14.7 Å². The molecule has 0 aliphatic heterocycles. The van der Waals surface area contributed by atoms with E-state index in [1.807, 2.05) is 0 Å². The van der Waals surface area contributed by atoms with Crippen LogP contribution in [0.2, 0.25) is 5.02 Å². The summed E-state index contributed by atoms with van der Waals surface area (Å²) in [6, 6.07) is 5.51. The molecule has 0 saturated heterocycles. The minimum absolute atomic E-state index is 0.184. The molecule has 0 unspecified atom stereocenters. The zero-order valence-electron chi connectivity index (χ0n) is 11.0. The number of carbonyl (C=O) groups excluding carboxylic acids is 2. The second-order valence-corrected chi connectivity index (χ2v) is 4.95. The van der Waals surface area contributed by atoms with E-state index in [2.05, 4.69) is 5.32 Å². The van der Waals surface area contributed by atoms with Crippen LogP contribution in [-0.4, -0.2) is 35.7 Å². The highest BCUT2D eigenvalue weighted by molar-refractivity contribution is 6.30. The third-order valence-electron chi connectivity index (χ3n) is 2.58. The van der Waals surface area contributed by atoms with Crippen molar-refractivity contribution in [2.24, 2.45) is 0 Å². The van der Waals surface area contributed by atoms with Gasteiger partial charge in [0, 0.05) is 10.7 Å². The molecular weight excluding hydrogens is 284 g/mol. The molecule has 20 heavy (non-hydrogen) atoms. The van der Waals surface area contributed by atoms with Crippen molar-refractivity contribution < 1.29 is 25.1 Å². The fourth-order valence-corrected chi connectivity index (χ4v) is 1.79. The highest BCUT2D eigenvalue weighted by Gasteiger charge is 2.19. The Morgan fingerprint density at radius 3 is 2.75 bits per heavy atom. The van der Waals surface area contributed by atoms with Crippen LogP contribution in [0.15, 0.2) is 24.3 Å². The minimum Gasteiger partial charge on any atom is -0.544 e. The summed E-state index contributed by atoms with van der Waals surface area (Å²) >= 11 is 5.78. The number of halogens is 1. The number of hydrogen-bond acceptors (Lipinski definition) is 4. The summed E-state index contributed by atoms with van der Waals surface area (Å²) in [4.78, 5) is 22.7. The minimum atomic E-state index is -1.34. The number of aliphatic hydroxyl groups excluding tert-OH is 1. The van der Waals surface area contributed by atoms with Crippen molar-refractivity contribution in [1.29, 1.82) is 0 Å². The first-order valence-corrected chi connectivity index (χ1v) is 6.54. The number of quaternary nitrogens is 1. The van der Waals surface area contributed by atoms with Gasteiger partial charge in [0.05, 0.1) is 18.5 Å². The fraction of sp³-hybridized carbons (Fsp3) is 0.385. The Morgan fingerprint density at radius 2 is 2.20 bits per heavy atom. The summed E-state index contributed by atoms with van der Waals surface area (Å²) in [6.45, 7) is 1.72. The first-order chi connectivity index (χ1) is 9.38. The molecule has 0 saturated carbocycles. The molecule has 0 fully saturated rings. The third-order valence-corrected chi connectivity index (χ3v) is 2.81. The summed E-state index contributed by atoms with van der Waals surface area (Å²) in [5, 5.41) is 24.5. The number of aliphatic carboxylic acids is 1. The lowest BCUT2D eigenvalue weighted by molar-refractivity contribution is -0.687. The molecule has 1 aromatic rings. The number of anilines is 1. The number of benzene rings is 1. The number of carboxylic acid groups (broad SMARTS) is 1. The van der Waals surface area contributed by atoms with Crippen LogP contribution in [0.1, 0.15) is 13.3 Å². The van der Waals surface area contributed by atoms with Crippen LogP contribution >= 0.6 is 11.6 Å². The molecule has 0 spiro atoms. The number of rotatable bonds is 7. The Morgan fingerprint density at radius 1 is 1.50 bits per heavy atom. The van der Waals surface area contributed by atoms with Crippen molar-refractivity contribution in [2.75, 3.05) is 11.9 Å². The van der Waals surface area contributed by atoms with E-state index in [-0.39, 0.29) is 13.0 Å². The SMILES string of the molecule is C[C@@H](O)C[NH2+][C@H](CC(=O)Nc1cccc(Cl)c1)C(=O)[O-]. The second-order valence-electron chi connectivity index (χ2n) is 4.51. The van der Waals surface area contributed by atoms with Gasteiger partial charge < -0.3 is 25.6 Å². The van der Waals surface area contributed by atoms with Gasteiger partial charge in [-0.3, -0.25) is 4.79 Å². The lowest BCUT2D eigenvalue weighted by Crippen LogP contribution is -2.94.